The number of nitrogens with two attached hydrogens (primary N) is 1. The van der Waals surface area contributed by atoms with Crippen LogP contribution in [0.2, 0.25) is 5.15 Å². The van der Waals surface area contributed by atoms with Crippen LogP contribution in [-0.4, -0.2) is 36.5 Å². The van der Waals surface area contributed by atoms with Crippen molar-refractivity contribution in [1.82, 2.24) is 19.5 Å². The van der Waals surface area contributed by atoms with E-state index in [1.807, 2.05) is 0 Å². The van der Waals surface area contributed by atoms with Crippen molar-refractivity contribution in [1.29, 1.82) is 0 Å². The SMILES string of the molecule is Nc1nc(Cl)c2ncn(CCC(=O)Nc3ccc(C(=O)O)cc3)c2n1. The Hall–Kier alpha value is -3.20. The average molecular weight is 361 g/mol. The molecule has 0 spiro atoms. The van der Waals surface area contributed by atoms with Crippen LogP contribution in [0.25, 0.3) is 11.2 Å². The second-order valence-electron chi connectivity index (χ2n) is 5.16. The molecular weight excluding hydrogens is 348 g/mol. The number of nitrogens with zero attached hydrogens (tertiary/aromatic N) is 4. The van der Waals surface area contributed by atoms with Crippen molar-refractivity contribution in [3.8, 4) is 0 Å². The zero-order valence-electron chi connectivity index (χ0n) is 12.8. The van der Waals surface area contributed by atoms with E-state index in [0.717, 1.165) is 0 Å². The van der Waals surface area contributed by atoms with Crippen molar-refractivity contribution in [2.75, 3.05) is 11.1 Å². The third-order valence-corrected chi connectivity index (χ3v) is 3.70. The van der Waals surface area contributed by atoms with Gasteiger partial charge in [0.1, 0.15) is 5.52 Å². The van der Waals surface area contributed by atoms with Crippen LogP contribution in [-0.2, 0) is 11.3 Å². The van der Waals surface area contributed by atoms with Crippen LogP contribution < -0.4 is 11.1 Å². The summed E-state index contributed by atoms with van der Waals surface area (Å²) in [6.07, 6.45) is 1.67. The number of hydrogen-bond donors (Lipinski definition) is 3. The summed E-state index contributed by atoms with van der Waals surface area (Å²) in [4.78, 5) is 34.9. The molecule has 25 heavy (non-hydrogen) atoms. The first kappa shape index (κ1) is 16.7. The van der Waals surface area contributed by atoms with Crippen molar-refractivity contribution >= 4 is 46.3 Å². The number of anilines is 2. The van der Waals surface area contributed by atoms with E-state index in [2.05, 4.69) is 20.3 Å². The minimum Gasteiger partial charge on any atom is -0.478 e. The number of nitrogen functional groups attached to an aromatic ring is 1. The topological polar surface area (TPSA) is 136 Å². The molecule has 1 aromatic carbocycles. The molecule has 0 aliphatic carbocycles. The van der Waals surface area contributed by atoms with Crippen molar-refractivity contribution in [2.45, 2.75) is 13.0 Å². The lowest BCUT2D eigenvalue weighted by atomic mass is 10.2. The number of aryl methyl sites for hydroxylation is 1. The van der Waals surface area contributed by atoms with E-state index in [9.17, 15) is 9.59 Å². The van der Waals surface area contributed by atoms with Crippen LogP contribution in [0.4, 0.5) is 11.6 Å². The number of hydrogen-bond acceptors (Lipinski definition) is 6. The molecule has 4 N–H and O–H groups in total. The molecule has 2 aromatic heterocycles. The maximum Gasteiger partial charge on any atom is 0.335 e. The molecule has 2 heterocycles. The number of carbonyl (C=O) groups is 2. The second-order valence-corrected chi connectivity index (χ2v) is 5.52. The number of nitrogens with one attached hydrogen (secondary N) is 1. The standard InChI is InChI=1S/C15H13ClN6O3/c16-12-11-13(21-15(17)20-12)22(7-18-11)6-5-10(23)19-9-3-1-8(2-4-9)14(24)25/h1-4,7H,5-6H2,(H,19,23)(H,24,25)(H2,17,20,21). The van der Waals surface area contributed by atoms with E-state index in [-0.39, 0.29) is 29.0 Å². The lowest BCUT2D eigenvalue weighted by Crippen LogP contribution is -2.14. The highest BCUT2D eigenvalue weighted by molar-refractivity contribution is 6.33. The van der Waals surface area contributed by atoms with Crippen LogP contribution in [0.15, 0.2) is 30.6 Å². The van der Waals surface area contributed by atoms with Crippen molar-refractivity contribution in [3.63, 3.8) is 0 Å². The smallest absolute Gasteiger partial charge is 0.335 e. The first-order valence-electron chi connectivity index (χ1n) is 7.21. The van der Waals surface area contributed by atoms with E-state index in [4.69, 9.17) is 22.4 Å². The van der Waals surface area contributed by atoms with Crippen molar-refractivity contribution in [3.05, 3.63) is 41.3 Å². The number of rotatable bonds is 5. The van der Waals surface area contributed by atoms with Gasteiger partial charge in [-0.3, -0.25) is 4.79 Å². The quantitative estimate of drug-likeness (QED) is 0.590. The molecule has 1 amide bonds. The molecule has 0 saturated heterocycles. The Morgan fingerprint density at radius 3 is 2.64 bits per heavy atom. The van der Waals surface area contributed by atoms with E-state index in [0.29, 0.717) is 23.4 Å². The molecule has 3 rings (SSSR count). The number of halogens is 1. The number of aromatic carboxylic acids is 1. The molecule has 0 fully saturated rings. The molecule has 0 bridgehead atoms. The van der Waals surface area contributed by atoms with Gasteiger partial charge in [0.15, 0.2) is 10.8 Å². The number of imidazole rings is 1. The van der Waals surface area contributed by atoms with Crippen molar-refractivity contribution < 1.29 is 14.7 Å². The second kappa shape index (κ2) is 6.73. The fourth-order valence-corrected chi connectivity index (χ4v) is 2.45. The fraction of sp³-hybridized carbons (Fsp3) is 0.133. The van der Waals surface area contributed by atoms with Gasteiger partial charge in [0.25, 0.3) is 0 Å². The molecule has 0 unspecified atom stereocenters. The van der Waals surface area contributed by atoms with Gasteiger partial charge in [-0.2, -0.15) is 9.97 Å². The Kier molecular flexibility index (Phi) is 4.48. The molecule has 0 aliphatic heterocycles. The third kappa shape index (κ3) is 3.66. The van der Waals surface area contributed by atoms with E-state index in [1.54, 1.807) is 4.57 Å². The van der Waals surface area contributed by atoms with Gasteiger partial charge in [-0.05, 0) is 24.3 Å². The van der Waals surface area contributed by atoms with Gasteiger partial charge in [0.2, 0.25) is 11.9 Å². The number of benzene rings is 1. The molecule has 0 aliphatic rings. The Morgan fingerprint density at radius 2 is 1.96 bits per heavy atom. The van der Waals surface area contributed by atoms with Crippen LogP contribution in [0, 0.1) is 0 Å². The number of carbonyl (C=O) groups excluding carboxylic acids is 1. The number of carboxylic acid groups (broad SMARTS) is 1. The molecule has 3 aromatic rings. The van der Waals surface area contributed by atoms with Gasteiger partial charge in [-0.25, -0.2) is 9.78 Å². The number of amides is 1. The van der Waals surface area contributed by atoms with Crippen LogP contribution in [0.5, 0.6) is 0 Å². The van der Waals surface area contributed by atoms with Gasteiger partial charge >= 0.3 is 5.97 Å². The van der Waals surface area contributed by atoms with Crippen LogP contribution in [0.3, 0.4) is 0 Å². The predicted octanol–water partition coefficient (Wildman–Crippen LogP) is 1.79. The number of aromatic nitrogens is 4. The summed E-state index contributed by atoms with van der Waals surface area (Å²) in [5.41, 5.74) is 7.11. The average Bonchev–Trinajstić information content (AvgIpc) is 2.96. The molecule has 128 valence electrons. The summed E-state index contributed by atoms with van der Waals surface area (Å²) in [7, 11) is 0. The zero-order chi connectivity index (χ0) is 18.0. The maximum atomic E-state index is 12.1. The summed E-state index contributed by atoms with van der Waals surface area (Å²) in [5, 5.41) is 11.7. The van der Waals surface area contributed by atoms with Crippen LogP contribution in [0.1, 0.15) is 16.8 Å². The van der Waals surface area contributed by atoms with E-state index in [1.165, 1.54) is 30.6 Å². The van der Waals surface area contributed by atoms with Gasteiger partial charge in [0, 0.05) is 18.7 Å². The normalized spacial score (nSPS) is 10.8. The monoisotopic (exact) mass is 360 g/mol. The molecular formula is C15H13ClN6O3. The summed E-state index contributed by atoms with van der Waals surface area (Å²) < 4.78 is 1.66. The fourth-order valence-electron chi connectivity index (χ4n) is 2.23. The summed E-state index contributed by atoms with van der Waals surface area (Å²) in [5.74, 6) is -1.23. The summed E-state index contributed by atoms with van der Waals surface area (Å²) >= 11 is 5.95. The Balaban J connectivity index is 1.65. The van der Waals surface area contributed by atoms with Gasteiger partial charge in [-0.15, -0.1) is 0 Å². The predicted molar refractivity (Wildman–Crippen MR) is 91.4 cm³/mol. The lowest BCUT2D eigenvalue weighted by molar-refractivity contribution is -0.116. The van der Waals surface area contributed by atoms with Crippen molar-refractivity contribution in [2.24, 2.45) is 0 Å². The first-order chi connectivity index (χ1) is 11.9. The van der Waals surface area contributed by atoms with Crippen LogP contribution >= 0.6 is 11.6 Å². The van der Waals surface area contributed by atoms with Gasteiger partial charge in [0.05, 0.1) is 11.9 Å². The molecule has 10 heteroatoms. The lowest BCUT2D eigenvalue weighted by Gasteiger charge is -2.07. The summed E-state index contributed by atoms with van der Waals surface area (Å²) in [6, 6.07) is 5.90. The summed E-state index contributed by atoms with van der Waals surface area (Å²) in [6.45, 7) is 0.322. The first-order valence-corrected chi connectivity index (χ1v) is 7.59. The zero-order valence-corrected chi connectivity index (χ0v) is 13.6. The third-order valence-electron chi connectivity index (χ3n) is 3.43. The van der Waals surface area contributed by atoms with E-state index < -0.39 is 5.97 Å². The highest BCUT2D eigenvalue weighted by Crippen LogP contribution is 2.19. The number of carboxylic acids is 1. The number of fused-ring (bicyclic) bond motifs is 1. The highest BCUT2D eigenvalue weighted by atomic mass is 35.5. The maximum absolute atomic E-state index is 12.1. The molecule has 0 saturated carbocycles. The Labute approximate surface area is 146 Å². The largest absolute Gasteiger partial charge is 0.478 e. The Bertz CT molecular complexity index is 954. The minimum atomic E-state index is -1.02. The van der Waals surface area contributed by atoms with Gasteiger partial charge < -0.3 is 20.7 Å². The van der Waals surface area contributed by atoms with E-state index >= 15 is 0 Å². The molecule has 0 atom stereocenters. The molecule has 9 nitrogen and oxygen atoms in total. The Morgan fingerprint density at radius 1 is 1.24 bits per heavy atom. The minimum absolute atomic E-state index is 0.0298. The molecule has 0 radical (unpaired) electrons. The highest BCUT2D eigenvalue weighted by Gasteiger charge is 2.12. The van der Waals surface area contributed by atoms with Gasteiger partial charge in [-0.1, -0.05) is 11.6 Å².